The minimum Gasteiger partial charge on any atom is -0.310 e. The number of amides is 2. The van der Waals surface area contributed by atoms with E-state index in [0.29, 0.717) is 11.7 Å². The summed E-state index contributed by atoms with van der Waals surface area (Å²) >= 11 is 4.84. The Bertz CT molecular complexity index is 764. The summed E-state index contributed by atoms with van der Waals surface area (Å²) in [7, 11) is 0. The fraction of sp³-hybridized carbons (Fsp3) is 0.375. The van der Waals surface area contributed by atoms with E-state index in [-0.39, 0.29) is 24.2 Å². The van der Waals surface area contributed by atoms with Crippen LogP contribution in [0.2, 0.25) is 0 Å². The number of benzene rings is 1. The molecular weight excluding hydrogens is 392 g/mol. The molecule has 3 rings (SSSR count). The predicted octanol–water partition coefficient (Wildman–Crippen LogP) is 3.24. The summed E-state index contributed by atoms with van der Waals surface area (Å²) in [5, 5.41) is 12.2. The highest BCUT2D eigenvalue weighted by molar-refractivity contribution is 9.10. The van der Waals surface area contributed by atoms with Crippen molar-refractivity contribution in [2.75, 3.05) is 16.8 Å². The molecule has 24 heavy (non-hydrogen) atoms. The molecule has 0 spiro atoms. The maximum atomic E-state index is 12.4. The van der Waals surface area contributed by atoms with Gasteiger partial charge in [0, 0.05) is 23.9 Å². The first-order chi connectivity index (χ1) is 11.6. The Kier molecular flexibility index (Phi) is 5.25. The van der Waals surface area contributed by atoms with E-state index in [2.05, 4.69) is 38.4 Å². The number of carbonyl (C=O) groups excluding carboxylic acids is 2. The van der Waals surface area contributed by atoms with Crippen LogP contribution in [0.25, 0.3) is 0 Å². The molecule has 1 atom stereocenters. The smallest absolute Gasteiger partial charge is 0.231 e. The second-order valence-corrected chi connectivity index (χ2v) is 7.51. The Morgan fingerprint density at radius 1 is 1.42 bits per heavy atom. The van der Waals surface area contributed by atoms with E-state index in [1.807, 2.05) is 24.3 Å². The van der Waals surface area contributed by atoms with Crippen LogP contribution < -0.4 is 10.2 Å². The molecule has 1 N–H and O–H groups in total. The summed E-state index contributed by atoms with van der Waals surface area (Å²) in [6.45, 7) is 2.44. The average molecular weight is 409 g/mol. The normalized spacial score (nSPS) is 17.3. The molecule has 1 aliphatic heterocycles. The lowest BCUT2D eigenvalue weighted by atomic mass is 10.1. The number of rotatable bonds is 5. The van der Waals surface area contributed by atoms with Gasteiger partial charge >= 0.3 is 0 Å². The molecular formula is C16H17BrN4O2S. The first-order valence-electron chi connectivity index (χ1n) is 7.76. The summed E-state index contributed by atoms with van der Waals surface area (Å²) in [4.78, 5) is 26.4. The predicted molar refractivity (Wildman–Crippen MR) is 97.1 cm³/mol. The van der Waals surface area contributed by atoms with Gasteiger partial charge in [-0.2, -0.15) is 0 Å². The van der Waals surface area contributed by atoms with Gasteiger partial charge < -0.3 is 10.2 Å². The van der Waals surface area contributed by atoms with Gasteiger partial charge in [0.25, 0.3) is 0 Å². The number of anilines is 2. The number of hydrogen-bond donors (Lipinski definition) is 1. The van der Waals surface area contributed by atoms with E-state index in [1.54, 1.807) is 4.90 Å². The second-order valence-electron chi connectivity index (χ2n) is 5.60. The van der Waals surface area contributed by atoms with Crippen molar-refractivity contribution in [3.05, 3.63) is 33.7 Å². The molecule has 1 fully saturated rings. The van der Waals surface area contributed by atoms with Crippen LogP contribution in [0.15, 0.2) is 28.7 Å². The Morgan fingerprint density at radius 2 is 2.21 bits per heavy atom. The summed E-state index contributed by atoms with van der Waals surface area (Å²) in [6, 6.07) is 7.51. The molecule has 2 aromatic rings. The zero-order valence-corrected chi connectivity index (χ0v) is 15.6. The second kappa shape index (κ2) is 7.40. The molecule has 0 aliphatic carbocycles. The van der Waals surface area contributed by atoms with Gasteiger partial charge in [-0.05, 0) is 34.5 Å². The lowest BCUT2D eigenvalue weighted by Gasteiger charge is -2.18. The zero-order chi connectivity index (χ0) is 17.1. The summed E-state index contributed by atoms with van der Waals surface area (Å²) in [5.74, 6) is -0.619. The molecule has 0 radical (unpaired) electrons. The Labute approximate surface area is 152 Å². The maximum absolute atomic E-state index is 12.4. The van der Waals surface area contributed by atoms with E-state index in [4.69, 9.17) is 0 Å². The van der Waals surface area contributed by atoms with E-state index < -0.39 is 0 Å². The number of hydrogen-bond acceptors (Lipinski definition) is 5. The molecule has 126 valence electrons. The van der Waals surface area contributed by atoms with Crippen LogP contribution in [0.1, 0.15) is 24.8 Å². The van der Waals surface area contributed by atoms with Gasteiger partial charge in [-0.15, -0.1) is 10.2 Å². The molecule has 0 saturated carbocycles. The van der Waals surface area contributed by atoms with Gasteiger partial charge in [-0.1, -0.05) is 30.4 Å². The van der Waals surface area contributed by atoms with Crippen molar-refractivity contribution >= 4 is 49.9 Å². The molecule has 8 heteroatoms. The fourth-order valence-corrected chi connectivity index (χ4v) is 3.96. The highest BCUT2D eigenvalue weighted by Gasteiger charge is 2.36. The monoisotopic (exact) mass is 408 g/mol. The number of aromatic nitrogens is 2. The molecule has 1 aliphatic rings. The third-order valence-electron chi connectivity index (χ3n) is 3.80. The SMILES string of the molecule is CCCc1nnc(NC(=O)[C@H]2CC(=O)N(c3ccccc3Br)C2)s1. The minimum atomic E-state index is -0.386. The molecule has 1 aromatic heterocycles. The van der Waals surface area contributed by atoms with Crippen molar-refractivity contribution in [1.29, 1.82) is 0 Å². The Morgan fingerprint density at radius 3 is 2.96 bits per heavy atom. The largest absolute Gasteiger partial charge is 0.310 e. The third kappa shape index (κ3) is 3.64. The van der Waals surface area contributed by atoms with Crippen molar-refractivity contribution in [3.8, 4) is 0 Å². The highest BCUT2D eigenvalue weighted by Crippen LogP contribution is 2.31. The molecule has 1 saturated heterocycles. The Hall–Kier alpha value is -1.80. The van der Waals surface area contributed by atoms with Crippen molar-refractivity contribution in [2.45, 2.75) is 26.2 Å². The van der Waals surface area contributed by atoms with Crippen molar-refractivity contribution < 1.29 is 9.59 Å². The summed E-state index contributed by atoms with van der Waals surface area (Å²) in [6.07, 6.45) is 2.04. The van der Waals surface area contributed by atoms with Crippen LogP contribution in [0.3, 0.4) is 0 Å². The lowest BCUT2D eigenvalue weighted by Crippen LogP contribution is -2.28. The number of nitrogens with one attached hydrogen (secondary N) is 1. The van der Waals surface area contributed by atoms with Crippen LogP contribution in [0, 0.1) is 5.92 Å². The molecule has 1 aromatic carbocycles. The molecule has 0 unspecified atom stereocenters. The van der Waals surface area contributed by atoms with Gasteiger partial charge in [0.15, 0.2) is 0 Å². The van der Waals surface area contributed by atoms with E-state index in [0.717, 1.165) is 28.0 Å². The highest BCUT2D eigenvalue weighted by atomic mass is 79.9. The van der Waals surface area contributed by atoms with E-state index in [1.165, 1.54) is 11.3 Å². The average Bonchev–Trinajstić information content (AvgIpc) is 3.15. The first kappa shape index (κ1) is 17.0. The Balaban J connectivity index is 1.66. The van der Waals surface area contributed by atoms with Gasteiger partial charge in [0.1, 0.15) is 5.01 Å². The summed E-state index contributed by atoms with van der Waals surface area (Å²) < 4.78 is 0.840. The van der Waals surface area contributed by atoms with Gasteiger partial charge in [-0.3, -0.25) is 9.59 Å². The number of para-hydroxylation sites is 1. The van der Waals surface area contributed by atoms with E-state index >= 15 is 0 Å². The third-order valence-corrected chi connectivity index (χ3v) is 5.37. The van der Waals surface area contributed by atoms with Gasteiger partial charge in [0.05, 0.1) is 11.6 Å². The summed E-state index contributed by atoms with van der Waals surface area (Å²) in [5.41, 5.74) is 0.791. The van der Waals surface area contributed by atoms with Crippen LogP contribution in [-0.2, 0) is 16.0 Å². The zero-order valence-electron chi connectivity index (χ0n) is 13.2. The standard InChI is InChI=1S/C16H17BrN4O2S/c1-2-5-13-19-20-16(24-13)18-15(23)10-8-14(22)21(9-10)12-7-4-3-6-11(12)17/h3-4,6-7,10H,2,5,8-9H2,1H3,(H,18,20,23)/t10-/m0/s1. The molecule has 2 heterocycles. The topological polar surface area (TPSA) is 75.2 Å². The van der Waals surface area contributed by atoms with Gasteiger partial charge in [0.2, 0.25) is 16.9 Å². The van der Waals surface area contributed by atoms with E-state index in [9.17, 15) is 9.59 Å². The van der Waals surface area contributed by atoms with Crippen LogP contribution in [0.5, 0.6) is 0 Å². The number of halogens is 1. The maximum Gasteiger partial charge on any atom is 0.231 e. The molecule has 6 nitrogen and oxygen atoms in total. The first-order valence-corrected chi connectivity index (χ1v) is 9.37. The van der Waals surface area contributed by atoms with Crippen LogP contribution in [-0.4, -0.2) is 28.6 Å². The number of aryl methyl sites for hydroxylation is 1. The van der Waals surface area contributed by atoms with Crippen molar-refractivity contribution in [2.24, 2.45) is 5.92 Å². The van der Waals surface area contributed by atoms with Crippen molar-refractivity contribution in [3.63, 3.8) is 0 Å². The van der Waals surface area contributed by atoms with Crippen LogP contribution in [0.4, 0.5) is 10.8 Å². The minimum absolute atomic E-state index is 0.0500. The van der Waals surface area contributed by atoms with Gasteiger partial charge in [-0.25, -0.2) is 0 Å². The molecule has 2 amide bonds. The van der Waals surface area contributed by atoms with Crippen molar-refractivity contribution in [1.82, 2.24) is 10.2 Å². The quantitative estimate of drug-likeness (QED) is 0.823. The molecule has 0 bridgehead atoms. The lowest BCUT2D eigenvalue weighted by molar-refractivity contribution is -0.122. The van der Waals surface area contributed by atoms with Crippen LogP contribution >= 0.6 is 27.3 Å². The number of nitrogens with zero attached hydrogens (tertiary/aromatic N) is 3. The fourth-order valence-electron chi connectivity index (χ4n) is 2.61. The number of carbonyl (C=O) groups is 2.